The molecule has 1 N–H and O–H groups in total. The maximum Gasteiger partial charge on any atom is 0.261 e. The van der Waals surface area contributed by atoms with Crippen molar-refractivity contribution in [3.8, 4) is 0 Å². The fourth-order valence-electron chi connectivity index (χ4n) is 1.76. The van der Waals surface area contributed by atoms with Gasteiger partial charge in [0.1, 0.15) is 11.6 Å². The molecule has 0 aliphatic carbocycles. The predicted octanol–water partition coefficient (Wildman–Crippen LogP) is 3.30. The maximum atomic E-state index is 12.9. The van der Waals surface area contributed by atoms with Gasteiger partial charge in [-0.05, 0) is 46.3 Å². The second-order valence-corrected chi connectivity index (χ2v) is 5.06. The summed E-state index contributed by atoms with van der Waals surface area (Å²) in [6.07, 6.45) is 1.61. The molecule has 0 radical (unpaired) electrons. The van der Waals surface area contributed by atoms with Crippen LogP contribution in [0.1, 0.15) is 10.4 Å². The molecule has 0 saturated carbocycles. The fraction of sp³-hybridized carbons (Fsp3) is 0.143. The van der Waals surface area contributed by atoms with E-state index >= 15 is 0 Å². The van der Waals surface area contributed by atoms with Crippen molar-refractivity contribution in [2.45, 2.75) is 0 Å². The normalized spacial score (nSPS) is 10.2. The van der Waals surface area contributed by atoms with Crippen molar-refractivity contribution in [3.63, 3.8) is 0 Å². The van der Waals surface area contributed by atoms with E-state index in [1.54, 1.807) is 38.5 Å². The SMILES string of the molecule is CNc1ncc(Br)cc1C(=O)N(C)c1ccc(F)cc1. The lowest BCUT2D eigenvalue weighted by atomic mass is 10.2. The molecule has 4 nitrogen and oxygen atoms in total. The van der Waals surface area contributed by atoms with E-state index in [9.17, 15) is 9.18 Å². The minimum Gasteiger partial charge on any atom is -0.372 e. The minimum atomic E-state index is -0.338. The summed E-state index contributed by atoms with van der Waals surface area (Å²) in [6.45, 7) is 0. The number of amides is 1. The summed E-state index contributed by atoms with van der Waals surface area (Å²) in [5.41, 5.74) is 1.05. The van der Waals surface area contributed by atoms with Crippen molar-refractivity contribution in [1.29, 1.82) is 0 Å². The lowest BCUT2D eigenvalue weighted by Crippen LogP contribution is -2.27. The lowest BCUT2D eigenvalue weighted by molar-refractivity contribution is 0.0993. The van der Waals surface area contributed by atoms with Gasteiger partial charge in [0.15, 0.2) is 0 Å². The second kappa shape index (κ2) is 6.00. The van der Waals surface area contributed by atoms with Crippen molar-refractivity contribution in [2.75, 3.05) is 24.3 Å². The molecular formula is C14H13BrFN3O. The number of nitrogens with zero attached hydrogens (tertiary/aromatic N) is 2. The van der Waals surface area contributed by atoms with Crippen LogP contribution in [0.25, 0.3) is 0 Å². The zero-order valence-corrected chi connectivity index (χ0v) is 12.6. The van der Waals surface area contributed by atoms with Gasteiger partial charge in [0, 0.05) is 30.5 Å². The monoisotopic (exact) mass is 337 g/mol. The second-order valence-electron chi connectivity index (χ2n) is 4.14. The molecule has 0 aliphatic rings. The van der Waals surface area contributed by atoms with Crippen molar-refractivity contribution in [3.05, 3.63) is 52.4 Å². The molecule has 1 amide bonds. The van der Waals surface area contributed by atoms with E-state index in [4.69, 9.17) is 0 Å². The van der Waals surface area contributed by atoms with Crippen LogP contribution in [-0.4, -0.2) is 25.0 Å². The molecule has 20 heavy (non-hydrogen) atoms. The summed E-state index contributed by atoms with van der Waals surface area (Å²) in [5, 5.41) is 2.88. The number of nitrogens with one attached hydrogen (secondary N) is 1. The highest BCUT2D eigenvalue weighted by molar-refractivity contribution is 9.10. The van der Waals surface area contributed by atoms with Crippen LogP contribution in [0.2, 0.25) is 0 Å². The molecule has 6 heteroatoms. The number of anilines is 2. The van der Waals surface area contributed by atoms with Crippen molar-refractivity contribution in [2.24, 2.45) is 0 Å². The van der Waals surface area contributed by atoms with Gasteiger partial charge in [-0.1, -0.05) is 0 Å². The number of carbonyl (C=O) groups excluding carboxylic acids is 1. The Bertz CT molecular complexity index is 631. The molecule has 1 aromatic carbocycles. The van der Waals surface area contributed by atoms with Crippen molar-refractivity contribution >= 4 is 33.3 Å². The maximum absolute atomic E-state index is 12.9. The van der Waals surface area contributed by atoms with Crippen LogP contribution in [0.15, 0.2) is 41.0 Å². The Morgan fingerprint density at radius 3 is 2.60 bits per heavy atom. The van der Waals surface area contributed by atoms with Gasteiger partial charge in [-0.3, -0.25) is 4.79 Å². The molecule has 0 unspecified atom stereocenters. The summed E-state index contributed by atoms with van der Waals surface area (Å²) in [5.74, 6) is -0.0726. The first-order valence-corrected chi connectivity index (χ1v) is 6.69. The Morgan fingerprint density at radius 1 is 1.35 bits per heavy atom. The summed E-state index contributed by atoms with van der Waals surface area (Å²) in [6, 6.07) is 7.44. The molecule has 0 fully saturated rings. The lowest BCUT2D eigenvalue weighted by Gasteiger charge is -2.18. The molecule has 2 aromatic rings. The third kappa shape index (κ3) is 2.96. The van der Waals surface area contributed by atoms with E-state index in [0.29, 0.717) is 21.5 Å². The van der Waals surface area contributed by atoms with Crippen LogP contribution < -0.4 is 10.2 Å². The largest absolute Gasteiger partial charge is 0.372 e. The topological polar surface area (TPSA) is 45.2 Å². The number of hydrogen-bond acceptors (Lipinski definition) is 3. The third-order valence-corrected chi connectivity index (χ3v) is 3.27. The highest BCUT2D eigenvalue weighted by atomic mass is 79.9. The molecule has 0 bridgehead atoms. The number of benzene rings is 1. The molecule has 0 atom stereocenters. The summed E-state index contributed by atoms with van der Waals surface area (Å²) >= 11 is 3.30. The standard InChI is InChI=1S/C14H13BrFN3O/c1-17-13-12(7-9(15)8-18-13)14(20)19(2)11-5-3-10(16)4-6-11/h3-8H,1-2H3,(H,17,18). The molecular weight excluding hydrogens is 325 g/mol. The van der Waals surface area contributed by atoms with E-state index in [1.165, 1.54) is 17.0 Å². The van der Waals surface area contributed by atoms with Gasteiger partial charge in [0.2, 0.25) is 0 Å². The van der Waals surface area contributed by atoms with Gasteiger partial charge in [-0.15, -0.1) is 0 Å². The van der Waals surface area contributed by atoms with Crippen LogP contribution in [-0.2, 0) is 0 Å². The van der Waals surface area contributed by atoms with Gasteiger partial charge < -0.3 is 10.2 Å². The number of aromatic nitrogens is 1. The highest BCUT2D eigenvalue weighted by Crippen LogP contribution is 2.22. The van der Waals surface area contributed by atoms with Crippen LogP contribution in [0, 0.1) is 5.82 Å². The number of hydrogen-bond donors (Lipinski definition) is 1. The molecule has 0 saturated heterocycles. The van der Waals surface area contributed by atoms with E-state index < -0.39 is 0 Å². The quantitative estimate of drug-likeness (QED) is 0.934. The predicted molar refractivity (Wildman–Crippen MR) is 80.6 cm³/mol. The van der Waals surface area contributed by atoms with E-state index in [0.717, 1.165) is 0 Å². The van der Waals surface area contributed by atoms with Crippen LogP contribution in [0.5, 0.6) is 0 Å². The molecule has 104 valence electrons. The first kappa shape index (κ1) is 14.5. The zero-order chi connectivity index (χ0) is 14.7. The Morgan fingerprint density at radius 2 is 2.00 bits per heavy atom. The third-order valence-electron chi connectivity index (χ3n) is 2.84. The number of rotatable bonds is 3. The highest BCUT2D eigenvalue weighted by Gasteiger charge is 2.18. The van der Waals surface area contributed by atoms with Gasteiger partial charge in [-0.2, -0.15) is 0 Å². The zero-order valence-electron chi connectivity index (χ0n) is 11.0. The average molecular weight is 338 g/mol. The first-order valence-electron chi connectivity index (χ1n) is 5.90. The molecule has 0 spiro atoms. The van der Waals surface area contributed by atoms with Crippen LogP contribution >= 0.6 is 15.9 Å². The van der Waals surface area contributed by atoms with E-state index in [1.807, 2.05) is 0 Å². The van der Waals surface area contributed by atoms with Gasteiger partial charge in [0.05, 0.1) is 5.56 Å². The van der Waals surface area contributed by atoms with Crippen molar-refractivity contribution < 1.29 is 9.18 Å². The van der Waals surface area contributed by atoms with Gasteiger partial charge in [0.25, 0.3) is 5.91 Å². The van der Waals surface area contributed by atoms with E-state index in [-0.39, 0.29) is 11.7 Å². The Kier molecular flexibility index (Phi) is 4.34. The molecule has 2 rings (SSSR count). The smallest absolute Gasteiger partial charge is 0.261 e. The molecule has 1 heterocycles. The van der Waals surface area contributed by atoms with Gasteiger partial charge >= 0.3 is 0 Å². The first-order chi connectivity index (χ1) is 9.52. The minimum absolute atomic E-state index is 0.227. The molecule has 0 aliphatic heterocycles. The summed E-state index contributed by atoms with van der Waals surface area (Å²) < 4.78 is 13.6. The van der Waals surface area contributed by atoms with Gasteiger partial charge in [-0.25, -0.2) is 9.37 Å². The number of carbonyl (C=O) groups is 1. The fourth-order valence-corrected chi connectivity index (χ4v) is 2.10. The van der Waals surface area contributed by atoms with Crippen LogP contribution in [0.3, 0.4) is 0 Å². The average Bonchev–Trinajstić information content (AvgIpc) is 2.46. The Balaban J connectivity index is 2.35. The number of halogens is 2. The van der Waals surface area contributed by atoms with Crippen LogP contribution in [0.4, 0.5) is 15.9 Å². The Hall–Kier alpha value is -1.95. The number of pyridine rings is 1. The Labute approximate surface area is 124 Å². The van der Waals surface area contributed by atoms with E-state index in [2.05, 4.69) is 26.2 Å². The molecule has 1 aromatic heterocycles. The summed E-state index contributed by atoms with van der Waals surface area (Å²) in [7, 11) is 3.33. The summed E-state index contributed by atoms with van der Waals surface area (Å²) in [4.78, 5) is 18.1. The van der Waals surface area contributed by atoms with Crippen molar-refractivity contribution in [1.82, 2.24) is 4.98 Å².